The lowest BCUT2D eigenvalue weighted by atomic mass is 9.79. The molecule has 2 aromatic rings. The van der Waals surface area contributed by atoms with Crippen molar-refractivity contribution in [1.29, 1.82) is 0 Å². The summed E-state index contributed by atoms with van der Waals surface area (Å²) in [4.78, 5) is 20.0. The van der Waals surface area contributed by atoms with Crippen LogP contribution in [0.3, 0.4) is 0 Å². The molecule has 29 heavy (non-hydrogen) atoms. The summed E-state index contributed by atoms with van der Waals surface area (Å²) < 4.78 is 5.28. The molecular formula is C24H31N3O2. The highest BCUT2D eigenvalue weighted by Crippen LogP contribution is 2.39. The number of ether oxygens (including phenoxy) is 1. The lowest BCUT2D eigenvalue weighted by Gasteiger charge is -2.51. The number of amides is 1. The van der Waals surface area contributed by atoms with Crippen molar-refractivity contribution in [2.75, 3.05) is 53.4 Å². The van der Waals surface area contributed by atoms with Crippen LogP contribution < -0.4 is 4.74 Å². The van der Waals surface area contributed by atoms with Gasteiger partial charge in [0.2, 0.25) is 0 Å². The predicted octanol–water partition coefficient (Wildman–Crippen LogP) is 3.07. The Labute approximate surface area is 173 Å². The van der Waals surface area contributed by atoms with Crippen LogP contribution >= 0.6 is 0 Å². The van der Waals surface area contributed by atoms with Crippen LogP contribution in [0.4, 0.5) is 0 Å². The van der Waals surface area contributed by atoms with E-state index < -0.39 is 0 Å². The van der Waals surface area contributed by atoms with Crippen LogP contribution in [-0.2, 0) is 5.54 Å². The topological polar surface area (TPSA) is 36.0 Å². The van der Waals surface area contributed by atoms with Crippen LogP contribution in [0.1, 0.15) is 28.8 Å². The maximum absolute atomic E-state index is 13.0. The first-order valence-electron chi connectivity index (χ1n) is 10.5. The summed E-state index contributed by atoms with van der Waals surface area (Å²) in [5.41, 5.74) is 2.20. The Morgan fingerprint density at radius 2 is 1.59 bits per heavy atom. The Bertz CT molecular complexity index is 823. The third-order valence-corrected chi connectivity index (χ3v) is 6.61. The Hall–Kier alpha value is -2.37. The van der Waals surface area contributed by atoms with Crippen molar-refractivity contribution in [2.24, 2.45) is 0 Å². The SMILES string of the molecule is COc1cccc(C(=O)N2CCN(C3(c4ccccc4)CCN(C)CC3)CC2)c1. The van der Waals surface area contributed by atoms with Crippen molar-refractivity contribution >= 4 is 5.91 Å². The molecule has 2 aliphatic rings. The zero-order valence-electron chi connectivity index (χ0n) is 17.5. The van der Waals surface area contributed by atoms with Gasteiger partial charge in [-0.15, -0.1) is 0 Å². The van der Waals surface area contributed by atoms with Crippen LogP contribution in [-0.4, -0.2) is 74.0 Å². The first kappa shape index (κ1) is 19.9. The Morgan fingerprint density at radius 1 is 0.897 bits per heavy atom. The molecule has 0 radical (unpaired) electrons. The lowest BCUT2D eigenvalue weighted by Crippen LogP contribution is -2.59. The van der Waals surface area contributed by atoms with Crippen molar-refractivity contribution in [1.82, 2.24) is 14.7 Å². The van der Waals surface area contributed by atoms with Crippen LogP contribution in [0.15, 0.2) is 54.6 Å². The Kier molecular flexibility index (Phi) is 5.88. The van der Waals surface area contributed by atoms with Crippen molar-refractivity contribution in [3.05, 3.63) is 65.7 Å². The van der Waals surface area contributed by atoms with E-state index in [4.69, 9.17) is 4.74 Å². The van der Waals surface area contributed by atoms with E-state index in [9.17, 15) is 4.79 Å². The smallest absolute Gasteiger partial charge is 0.254 e. The summed E-state index contributed by atoms with van der Waals surface area (Å²) >= 11 is 0. The third kappa shape index (κ3) is 4.02. The van der Waals surface area contributed by atoms with Crippen molar-refractivity contribution in [3.8, 4) is 5.75 Å². The molecule has 5 heteroatoms. The second-order valence-electron chi connectivity index (χ2n) is 8.21. The van der Waals surface area contributed by atoms with Gasteiger partial charge in [-0.3, -0.25) is 9.69 Å². The third-order valence-electron chi connectivity index (χ3n) is 6.61. The molecule has 0 aliphatic carbocycles. The average Bonchev–Trinajstić information content (AvgIpc) is 2.80. The van der Waals surface area contributed by atoms with Gasteiger partial charge in [-0.05, 0) is 56.7 Å². The fourth-order valence-electron chi connectivity index (χ4n) is 4.80. The van der Waals surface area contributed by atoms with E-state index in [0.29, 0.717) is 5.56 Å². The van der Waals surface area contributed by atoms with Crippen LogP contribution in [0.2, 0.25) is 0 Å². The number of hydrogen-bond donors (Lipinski definition) is 0. The number of benzene rings is 2. The molecule has 0 N–H and O–H groups in total. The number of likely N-dealkylation sites (tertiary alicyclic amines) is 1. The van der Waals surface area contributed by atoms with Crippen molar-refractivity contribution in [2.45, 2.75) is 18.4 Å². The fourth-order valence-corrected chi connectivity index (χ4v) is 4.80. The minimum absolute atomic E-state index is 0.0822. The highest BCUT2D eigenvalue weighted by Gasteiger charge is 2.42. The number of carbonyl (C=O) groups excluding carboxylic acids is 1. The largest absolute Gasteiger partial charge is 0.497 e. The van der Waals surface area contributed by atoms with Gasteiger partial charge < -0.3 is 14.5 Å². The summed E-state index contributed by atoms with van der Waals surface area (Å²) in [5, 5.41) is 0. The normalized spacial score (nSPS) is 20.4. The molecule has 2 heterocycles. The summed E-state index contributed by atoms with van der Waals surface area (Å²) in [6.45, 7) is 5.57. The number of methoxy groups -OCH3 is 1. The molecule has 1 amide bonds. The molecule has 2 saturated heterocycles. The Morgan fingerprint density at radius 3 is 2.24 bits per heavy atom. The number of rotatable bonds is 4. The summed E-state index contributed by atoms with van der Waals surface area (Å²) in [5.74, 6) is 0.824. The molecule has 5 nitrogen and oxygen atoms in total. The quantitative estimate of drug-likeness (QED) is 0.800. The monoisotopic (exact) mass is 393 g/mol. The van der Waals surface area contributed by atoms with Gasteiger partial charge in [-0.1, -0.05) is 36.4 Å². The van der Waals surface area contributed by atoms with Crippen molar-refractivity contribution in [3.63, 3.8) is 0 Å². The molecular weight excluding hydrogens is 362 g/mol. The molecule has 0 aromatic heterocycles. The predicted molar refractivity (Wildman–Crippen MR) is 115 cm³/mol. The molecule has 2 fully saturated rings. The first-order chi connectivity index (χ1) is 14.1. The van der Waals surface area contributed by atoms with E-state index in [2.05, 4.69) is 47.2 Å². The van der Waals surface area contributed by atoms with E-state index in [1.54, 1.807) is 7.11 Å². The van der Waals surface area contributed by atoms with Crippen molar-refractivity contribution < 1.29 is 9.53 Å². The molecule has 0 spiro atoms. The minimum Gasteiger partial charge on any atom is -0.497 e. The zero-order valence-corrected chi connectivity index (χ0v) is 17.5. The highest BCUT2D eigenvalue weighted by molar-refractivity contribution is 5.94. The second kappa shape index (κ2) is 8.56. The summed E-state index contributed by atoms with van der Waals surface area (Å²) in [6, 6.07) is 18.4. The number of nitrogens with zero attached hydrogens (tertiary/aromatic N) is 3. The standard InChI is InChI=1S/C24H31N3O2/c1-25-13-11-24(12-14-25,21-8-4-3-5-9-21)27-17-15-26(16-18-27)23(28)20-7-6-10-22(19-20)29-2/h3-10,19H,11-18H2,1-2H3. The highest BCUT2D eigenvalue weighted by atomic mass is 16.5. The molecule has 0 bridgehead atoms. The van der Waals surface area contributed by atoms with Crippen LogP contribution in [0.5, 0.6) is 5.75 Å². The van der Waals surface area contributed by atoms with Gasteiger partial charge >= 0.3 is 0 Å². The molecule has 154 valence electrons. The van der Waals surface area contributed by atoms with E-state index >= 15 is 0 Å². The number of piperidine rings is 1. The maximum Gasteiger partial charge on any atom is 0.254 e. The van der Waals surface area contributed by atoms with E-state index in [0.717, 1.165) is 57.9 Å². The second-order valence-corrected chi connectivity index (χ2v) is 8.21. The van der Waals surface area contributed by atoms with Gasteiger partial charge in [-0.25, -0.2) is 0 Å². The molecule has 0 unspecified atom stereocenters. The van der Waals surface area contributed by atoms with Crippen LogP contribution in [0, 0.1) is 0 Å². The molecule has 2 aromatic carbocycles. The average molecular weight is 394 g/mol. The number of hydrogen-bond acceptors (Lipinski definition) is 4. The molecule has 0 saturated carbocycles. The summed E-state index contributed by atoms with van der Waals surface area (Å²) in [6.07, 6.45) is 2.27. The van der Waals surface area contributed by atoms with Gasteiger partial charge in [0.05, 0.1) is 7.11 Å². The molecule has 2 aliphatic heterocycles. The van der Waals surface area contributed by atoms with Gasteiger partial charge in [0, 0.05) is 37.3 Å². The van der Waals surface area contributed by atoms with Gasteiger partial charge in [0.1, 0.15) is 5.75 Å². The van der Waals surface area contributed by atoms with Gasteiger partial charge in [0.25, 0.3) is 5.91 Å². The maximum atomic E-state index is 13.0. The lowest BCUT2D eigenvalue weighted by molar-refractivity contribution is -0.00753. The van der Waals surface area contributed by atoms with Gasteiger partial charge in [0.15, 0.2) is 0 Å². The van der Waals surface area contributed by atoms with Gasteiger partial charge in [-0.2, -0.15) is 0 Å². The first-order valence-corrected chi connectivity index (χ1v) is 10.5. The van der Waals surface area contributed by atoms with E-state index in [1.807, 2.05) is 29.2 Å². The number of piperazine rings is 1. The number of carbonyl (C=O) groups is 1. The van der Waals surface area contributed by atoms with E-state index in [-0.39, 0.29) is 11.4 Å². The summed E-state index contributed by atoms with van der Waals surface area (Å²) in [7, 11) is 3.84. The Balaban J connectivity index is 1.49. The minimum atomic E-state index is 0.0822. The molecule has 0 atom stereocenters. The fraction of sp³-hybridized carbons (Fsp3) is 0.458. The zero-order chi connectivity index (χ0) is 20.3. The molecule has 4 rings (SSSR count). The van der Waals surface area contributed by atoms with E-state index in [1.165, 1.54) is 5.56 Å². The van der Waals surface area contributed by atoms with Crippen LogP contribution in [0.25, 0.3) is 0 Å².